The molecule has 2 atom stereocenters. The molecule has 0 saturated carbocycles. The van der Waals surface area contributed by atoms with Gasteiger partial charge in [-0.3, -0.25) is 4.79 Å². The molecule has 9 heteroatoms. The molecule has 162 valence electrons. The Morgan fingerprint density at radius 2 is 2.10 bits per heavy atom. The average molecular weight is 422 g/mol. The number of fused-ring (bicyclic) bond motifs is 3. The topological polar surface area (TPSA) is 124 Å². The average Bonchev–Trinajstić information content (AvgIpc) is 3.36. The SMILES string of the molecule is CC[C@@H](C)CC(=O)N[C@@H](N)c1cccc(-c2nc3c(nc(NC)c4ncn(C)c43)o2)c1. The summed E-state index contributed by atoms with van der Waals surface area (Å²) in [6.07, 6.45) is 2.51. The summed E-state index contributed by atoms with van der Waals surface area (Å²) in [7, 11) is 3.70. The summed E-state index contributed by atoms with van der Waals surface area (Å²) >= 11 is 0. The van der Waals surface area contributed by atoms with E-state index in [4.69, 9.17) is 10.2 Å². The number of nitrogens with two attached hydrogens (primary N) is 1. The Labute approximate surface area is 180 Å². The third-order valence-electron chi connectivity index (χ3n) is 5.49. The largest absolute Gasteiger partial charge is 0.418 e. The highest BCUT2D eigenvalue weighted by atomic mass is 16.4. The van der Waals surface area contributed by atoms with Crippen LogP contribution in [-0.4, -0.2) is 32.5 Å². The summed E-state index contributed by atoms with van der Waals surface area (Å²) < 4.78 is 7.88. The molecule has 0 saturated heterocycles. The standard InChI is InChI=1S/C22H27N7O2/c1-5-12(2)9-15(30)26-19(23)13-7-6-8-14(10-13)21-27-17-18-16(25-11-29(18)4)20(24-3)28-22(17)31-21/h6-8,10-12,19H,5,9,23H2,1-4H3,(H,24,28)(H,26,30)/t12-,19-/m1/s1. The number of nitrogens with zero attached hydrogens (tertiary/aromatic N) is 4. The number of benzene rings is 1. The molecule has 4 rings (SSSR count). The Kier molecular flexibility index (Phi) is 5.60. The van der Waals surface area contributed by atoms with Crippen molar-refractivity contribution < 1.29 is 9.21 Å². The molecule has 0 spiro atoms. The van der Waals surface area contributed by atoms with Crippen LogP contribution in [0.1, 0.15) is 38.4 Å². The maximum absolute atomic E-state index is 12.2. The van der Waals surface area contributed by atoms with Crippen LogP contribution in [0, 0.1) is 5.92 Å². The van der Waals surface area contributed by atoms with Gasteiger partial charge in [0.15, 0.2) is 11.3 Å². The van der Waals surface area contributed by atoms with E-state index in [9.17, 15) is 4.79 Å². The zero-order chi connectivity index (χ0) is 22.1. The second-order valence-electron chi connectivity index (χ2n) is 7.82. The van der Waals surface area contributed by atoms with Crippen molar-refractivity contribution in [2.24, 2.45) is 18.7 Å². The first-order chi connectivity index (χ1) is 14.9. The lowest BCUT2D eigenvalue weighted by atomic mass is 10.0. The summed E-state index contributed by atoms with van der Waals surface area (Å²) in [5, 5.41) is 5.92. The number of carbonyl (C=O) groups excluding carboxylic acids is 1. The molecule has 4 N–H and O–H groups in total. The number of amides is 1. The number of pyridine rings is 1. The minimum atomic E-state index is -0.612. The van der Waals surface area contributed by atoms with Crippen LogP contribution in [0.15, 0.2) is 35.0 Å². The third-order valence-corrected chi connectivity index (χ3v) is 5.49. The monoisotopic (exact) mass is 421 g/mol. The molecule has 1 amide bonds. The predicted octanol–water partition coefficient (Wildman–Crippen LogP) is 3.33. The van der Waals surface area contributed by atoms with Crippen molar-refractivity contribution >= 4 is 34.0 Å². The first kappa shape index (κ1) is 20.8. The van der Waals surface area contributed by atoms with E-state index in [-0.39, 0.29) is 5.91 Å². The summed E-state index contributed by atoms with van der Waals surface area (Å²) in [4.78, 5) is 25.8. The van der Waals surface area contributed by atoms with Gasteiger partial charge in [0.1, 0.15) is 17.2 Å². The third kappa shape index (κ3) is 3.96. The highest BCUT2D eigenvalue weighted by Crippen LogP contribution is 2.31. The van der Waals surface area contributed by atoms with E-state index in [1.807, 2.05) is 42.8 Å². The van der Waals surface area contributed by atoms with Crippen molar-refractivity contribution in [3.63, 3.8) is 0 Å². The molecule has 0 unspecified atom stereocenters. The highest BCUT2D eigenvalue weighted by Gasteiger charge is 2.19. The van der Waals surface area contributed by atoms with Crippen LogP contribution in [0.2, 0.25) is 0 Å². The number of aryl methyl sites for hydroxylation is 1. The van der Waals surface area contributed by atoms with Crippen molar-refractivity contribution in [2.45, 2.75) is 32.9 Å². The number of hydrogen-bond acceptors (Lipinski definition) is 7. The molecular formula is C22H27N7O2. The van der Waals surface area contributed by atoms with Gasteiger partial charge in [-0.25, -0.2) is 9.97 Å². The van der Waals surface area contributed by atoms with Crippen LogP contribution in [0.25, 0.3) is 33.7 Å². The van der Waals surface area contributed by atoms with Gasteiger partial charge in [0.05, 0.1) is 6.33 Å². The predicted molar refractivity (Wildman–Crippen MR) is 120 cm³/mol. The maximum Gasteiger partial charge on any atom is 0.251 e. The number of carbonyl (C=O) groups is 1. The Bertz CT molecular complexity index is 1240. The molecule has 0 aliphatic carbocycles. The number of anilines is 1. The normalized spacial score (nSPS) is 13.5. The van der Waals surface area contributed by atoms with Crippen molar-refractivity contribution in [1.82, 2.24) is 24.8 Å². The number of imidazole rings is 1. The summed E-state index contributed by atoms with van der Waals surface area (Å²) in [6.45, 7) is 4.11. The van der Waals surface area contributed by atoms with Gasteiger partial charge in [0, 0.05) is 26.1 Å². The molecule has 9 nitrogen and oxygen atoms in total. The van der Waals surface area contributed by atoms with Gasteiger partial charge in [0.2, 0.25) is 11.8 Å². The van der Waals surface area contributed by atoms with E-state index in [0.29, 0.717) is 35.3 Å². The van der Waals surface area contributed by atoms with Gasteiger partial charge in [-0.1, -0.05) is 32.4 Å². The molecule has 0 bridgehead atoms. The minimum Gasteiger partial charge on any atom is -0.418 e. The lowest BCUT2D eigenvalue weighted by Gasteiger charge is -2.16. The highest BCUT2D eigenvalue weighted by molar-refractivity contribution is 6.03. The Hall–Kier alpha value is -3.46. The lowest BCUT2D eigenvalue weighted by molar-refractivity contribution is -0.122. The fraction of sp³-hybridized carbons (Fsp3) is 0.364. The number of aromatic nitrogens is 4. The molecule has 0 fully saturated rings. The van der Waals surface area contributed by atoms with Crippen LogP contribution in [-0.2, 0) is 11.8 Å². The fourth-order valence-corrected chi connectivity index (χ4v) is 3.52. The molecule has 31 heavy (non-hydrogen) atoms. The summed E-state index contributed by atoms with van der Waals surface area (Å²) in [5.74, 6) is 1.32. The summed E-state index contributed by atoms with van der Waals surface area (Å²) in [6, 6.07) is 7.50. The second kappa shape index (κ2) is 8.35. The van der Waals surface area contributed by atoms with Crippen molar-refractivity contribution in [1.29, 1.82) is 0 Å². The van der Waals surface area contributed by atoms with Crippen LogP contribution < -0.4 is 16.4 Å². The van der Waals surface area contributed by atoms with E-state index in [0.717, 1.165) is 28.6 Å². The molecule has 0 radical (unpaired) electrons. The zero-order valence-corrected chi connectivity index (χ0v) is 18.1. The maximum atomic E-state index is 12.2. The van der Waals surface area contributed by atoms with Crippen molar-refractivity contribution in [3.05, 3.63) is 36.2 Å². The number of rotatable bonds is 7. The van der Waals surface area contributed by atoms with Crippen molar-refractivity contribution in [3.8, 4) is 11.5 Å². The number of oxazole rings is 1. The Balaban J connectivity index is 1.67. The first-order valence-corrected chi connectivity index (χ1v) is 10.4. The van der Waals surface area contributed by atoms with Crippen molar-refractivity contribution in [2.75, 3.05) is 12.4 Å². The van der Waals surface area contributed by atoms with Crippen LogP contribution in [0.5, 0.6) is 0 Å². The van der Waals surface area contributed by atoms with E-state index in [1.165, 1.54) is 0 Å². The van der Waals surface area contributed by atoms with Gasteiger partial charge in [-0.15, -0.1) is 0 Å². The molecule has 0 aliphatic heterocycles. The first-order valence-electron chi connectivity index (χ1n) is 10.4. The fourth-order valence-electron chi connectivity index (χ4n) is 3.52. The quantitative estimate of drug-likeness (QED) is 0.391. The molecule has 1 aromatic carbocycles. The molecule has 4 aromatic rings. The molecule has 0 aliphatic rings. The van der Waals surface area contributed by atoms with E-state index >= 15 is 0 Å². The smallest absolute Gasteiger partial charge is 0.251 e. The van der Waals surface area contributed by atoms with E-state index < -0.39 is 6.17 Å². The van der Waals surface area contributed by atoms with Crippen LogP contribution in [0.4, 0.5) is 5.82 Å². The van der Waals surface area contributed by atoms with Crippen LogP contribution >= 0.6 is 0 Å². The molecular weight excluding hydrogens is 394 g/mol. The number of nitrogens with one attached hydrogen (secondary N) is 2. The Morgan fingerprint density at radius 3 is 2.84 bits per heavy atom. The minimum absolute atomic E-state index is 0.0588. The zero-order valence-electron chi connectivity index (χ0n) is 18.1. The van der Waals surface area contributed by atoms with Gasteiger partial charge in [0.25, 0.3) is 5.71 Å². The lowest BCUT2D eigenvalue weighted by Crippen LogP contribution is -2.34. The van der Waals surface area contributed by atoms with Gasteiger partial charge >= 0.3 is 0 Å². The summed E-state index contributed by atoms with van der Waals surface area (Å²) in [5.41, 5.74) is 10.4. The Morgan fingerprint density at radius 1 is 1.29 bits per heavy atom. The van der Waals surface area contributed by atoms with E-state index in [2.05, 4.69) is 32.5 Å². The molecule has 3 heterocycles. The van der Waals surface area contributed by atoms with Gasteiger partial charge in [-0.05, 0) is 23.6 Å². The van der Waals surface area contributed by atoms with Gasteiger partial charge in [-0.2, -0.15) is 4.98 Å². The van der Waals surface area contributed by atoms with Crippen LogP contribution in [0.3, 0.4) is 0 Å². The second-order valence-corrected chi connectivity index (χ2v) is 7.82. The number of hydrogen-bond donors (Lipinski definition) is 3. The molecule has 3 aromatic heterocycles. The van der Waals surface area contributed by atoms with Gasteiger partial charge < -0.3 is 25.4 Å². The van der Waals surface area contributed by atoms with E-state index in [1.54, 1.807) is 13.4 Å².